The molecule has 0 radical (unpaired) electrons. The summed E-state index contributed by atoms with van der Waals surface area (Å²) in [5.41, 5.74) is 2.15. The smallest absolute Gasteiger partial charge is 0.261 e. The van der Waals surface area contributed by atoms with Crippen LogP contribution in [0.1, 0.15) is 26.3 Å². The maximum atomic E-state index is 13.5. The second-order valence-corrected chi connectivity index (χ2v) is 10.7. The highest BCUT2D eigenvalue weighted by atomic mass is 32.2. The third-order valence-electron chi connectivity index (χ3n) is 6.18. The minimum atomic E-state index is -3.53. The molecule has 0 spiro atoms. The number of pyridine rings is 1. The third-order valence-corrected chi connectivity index (χ3v) is 7.29. The van der Waals surface area contributed by atoms with E-state index in [0.29, 0.717) is 48.7 Å². The minimum absolute atomic E-state index is 0.0605. The van der Waals surface area contributed by atoms with E-state index in [-0.39, 0.29) is 22.2 Å². The van der Waals surface area contributed by atoms with E-state index in [2.05, 4.69) is 10.3 Å². The molecular formula is C26H27FN4O5S. The van der Waals surface area contributed by atoms with Gasteiger partial charge in [0.2, 0.25) is 5.88 Å². The van der Waals surface area contributed by atoms with Gasteiger partial charge in [0, 0.05) is 44.2 Å². The van der Waals surface area contributed by atoms with Crippen LogP contribution in [-0.4, -0.2) is 69.7 Å². The van der Waals surface area contributed by atoms with E-state index in [4.69, 9.17) is 4.74 Å². The van der Waals surface area contributed by atoms with Crippen molar-refractivity contribution in [3.63, 3.8) is 0 Å². The van der Waals surface area contributed by atoms with Crippen molar-refractivity contribution in [3.05, 3.63) is 77.2 Å². The molecule has 1 fully saturated rings. The molecule has 1 aromatic heterocycles. The number of hydrogen-bond donors (Lipinski definition) is 1. The lowest BCUT2D eigenvalue weighted by atomic mass is 10.1. The van der Waals surface area contributed by atoms with Crippen molar-refractivity contribution in [2.45, 2.75) is 11.8 Å². The van der Waals surface area contributed by atoms with Gasteiger partial charge >= 0.3 is 0 Å². The Morgan fingerprint density at radius 2 is 1.76 bits per heavy atom. The molecule has 0 aliphatic carbocycles. The average molecular weight is 527 g/mol. The van der Waals surface area contributed by atoms with Crippen LogP contribution in [-0.2, 0) is 9.84 Å². The van der Waals surface area contributed by atoms with Gasteiger partial charge in [-0.2, -0.15) is 0 Å². The molecule has 9 nitrogen and oxygen atoms in total. The molecule has 2 amide bonds. The first-order valence-electron chi connectivity index (χ1n) is 11.5. The number of anilines is 2. The number of hydrogen-bond acceptors (Lipinski definition) is 7. The fourth-order valence-corrected chi connectivity index (χ4v) is 4.87. The molecule has 1 N–H and O–H groups in total. The van der Waals surface area contributed by atoms with Gasteiger partial charge in [-0.05, 0) is 61.0 Å². The SMILES string of the molecule is COc1ncccc1C(=O)Nc1cc(S(C)(=O)=O)ccc1N1CCN(C(=O)c2ccc(F)cc2C)CC1. The van der Waals surface area contributed by atoms with Gasteiger partial charge < -0.3 is 19.9 Å². The molecule has 1 aliphatic heterocycles. The van der Waals surface area contributed by atoms with Crippen molar-refractivity contribution >= 4 is 33.0 Å². The predicted octanol–water partition coefficient (Wildman–Crippen LogP) is 3.16. The molecule has 194 valence electrons. The van der Waals surface area contributed by atoms with E-state index in [0.717, 1.165) is 6.26 Å². The molecule has 2 heterocycles. The van der Waals surface area contributed by atoms with E-state index in [1.165, 1.54) is 43.6 Å². The van der Waals surface area contributed by atoms with Gasteiger partial charge in [-0.3, -0.25) is 9.59 Å². The van der Waals surface area contributed by atoms with Crippen LogP contribution in [0.25, 0.3) is 0 Å². The average Bonchev–Trinajstić information content (AvgIpc) is 2.88. The van der Waals surface area contributed by atoms with Gasteiger partial charge in [0.15, 0.2) is 9.84 Å². The molecule has 37 heavy (non-hydrogen) atoms. The Morgan fingerprint density at radius 1 is 1.03 bits per heavy atom. The van der Waals surface area contributed by atoms with Crippen LogP contribution in [0.5, 0.6) is 5.88 Å². The van der Waals surface area contributed by atoms with E-state index < -0.39 is 21.6 Å². The number of nitrogens with one attached hydrogen (secondary N) is 1. The number of ether oxygens (including phenoxy) is 1. The zero-order valence-electron chi connectivity index (χ0n) is 20.7. The van der Waals surface area contributed by atoms with Crippen LogP contribution in [0, 0.1) is 12.7 Å². The molecule has 0 saturated carbocycles. The number of carbonyl (C=O) groups excluding carboxylic acids is 2. The van der Waals surface area contributed by atoms with E-state index in [1.807, 2.05) is 4.90 Å². The zero-order chi connectivity index (χ0) is 26.7. The second-order valence-electron chi connectivity index (χ2n) is 8.70. The summed E-state index contributed by atoms with van der Waals surface area (Å²) in [6, 6.07) is 11.8. The first kappa shape index (κ1) is 26.1. The number of aryl methyl sites for hydroxylation is 1. The van der Waals surface area contributed by atoms with Crippen molar-refractivity contribution in [2.24, 2.45) is 0 Å². The summed E-state index contributed by atoms with van der Waals surface area (Å²) >= 11 is 0. The topological polar surface area (TPSA) is 109 Å². The molecule has 11 heteroatoms. The maximum absolute atomic E-state index is 13.5. The van der Waals surface area contributed by atoms with Crippen LogP contribution >= 0.6 is 0 Å². The number of halogens is 1. The van der Waals surface area contributed by atoms with Gasteiger partial charge in [-0.15, -0.1) is 0 Å². The normalized spacial score (nSPS) is 13.8. The summed E-state index contributed by atoms with van der Waals surface area (Å²) in [6.45, 7) is 3.38. The molecular weight excluding hydrogens is 499 g/mol. The first-order valence-corrected chi connectivity index (χ1v) is 13.4. The number of benzene rings is 2. The molecule has 2 aromatic carbocycles. The van der Waals surface area contributed by atoms with Crippen molar-refractivity contribution < 1.29 is 27.1 Å². The van der Waals surface area contributed by atoms with E-state index >= 15 is 0 Å². The molecule has 1 saturated heterocycles. The fourth-order valence-electron chi connectivity index (χ4n) is 4.23. The van der Waals surface area contributed by atoms with Gasteiger partial charge in [0.25, 0.3) is 11.8 Å². The van der Waals surface area contributed by atoms with Gasteiger partial charge in [-0.1, -0.05) is 0 Å². The van der Waals surface area contributed by atoms with Gasteiger partial charge in [-0.25, -0.2) is 17.8 Å². The molecule has 4 rings (SSSR count). The molecule has 3 aromatic rings. The third kappa shape index (κ3) is 5.72. The number of carbonyl (C=O) groups is 2. The highest BCUT2D eigenvalue weighted by molar-refractivity contribution is 7.90. The highest BCUT2D eigenvalue weighted by Gasteiger charge is 2.26. The summed E-state index contributed by atoms with van der Waals surface area (Å²) in [5.74, 6) is -0.932. The largest absolute Gasteiger partial charge is 0.480 e. The Balaban J connectivity index is 1.58. The number of methoxy groups -OCH3 is 1. The summed E-state index contributed by atoms with van der Waals surface area (Å²) in [4.78, 5) is 33.8. The van der Waals surface area contributed by atoms with Crippen molar-refractivity contribution in [3.8, 4) is 5.88 Å². The molecule has 0 bridgehead atoms. The predicted molar refractivity (Wildman–Crippen MR) is 138 cm³/mol. The highest BCUT2D eigenvalue weighted by Crippen LogP contribution is 2.31. The number of piperazine rings is 1. The Kier molecular flexibility index (Phi) is 7.44. The van der Waals surface area contributed by atoms with Gasteiger partial charge in [0.1, 0.15) is 11.4 Å². The van der Waals surface area contributed by atoms with E-state index in [1.54, 1.807) is 30.0 Å². The Hall–Kier alpha value is -3.99. The van der Waals surface area contributed by atoms with Crippen LogP contribution < -0.4 is 15.0 Å². The monoisotopic (exact) mass is 526 g/mol. The second kappa shape index (κ2) is 10.6. The maximum Gasteiger partial charge on any atom is 0.261 e. The lowest BCUT2D eigenvalue weighted by Crippen LogP contribution is -2.49. The number of amides is 2. The standard InChI is InChI=1S/C26H27FN4O5S/c1-17-15-18(27)6-8-20(17)26(33)31-13-11-30(12-14-31)23-9-7-19(37(3,34)35)16-22(23)29-24(32)21-5-4-10-28-25(21)36-2/h4-10,15-16H,11-14H2,1-3H3,(H,29,32). The summed E-state index contributed by atoms with van der Waals surface area (Å²) in [7, 11) is -2.12. The van der Waals surface area contributed by atoms with E-state index in [9.17, 15) is 22.4 Å². The Bertz CT molecular complexity index is 1450. The zero-order valence-corrected chi connectivity index (χ0v) is 21.5. The Labute approximate surface area is 214 Å². The molecule has 0 atom stereocenters. The summed E-state index contributed by atoms with van der Waals surface area (Å²) in [6.07, 6.45) is 2.60. The van der Waals surface area contributed by atoms with Crippen molar-refractivity contribution in [1.82, 2.24) is 9.88 Å². The minimum Gasteiger partial charge on any atom is -0.480 e. The summed E-state index contributed by atoms with van der Waals surface area (Å²) in [5, 5.41) is 2.80. The van der Waals surface area contributed by atoms with Crippen LogP contribution in [0.2, 0.25) is 0 Å². The van der Waals surface area contributed by atoms with Crippen LogP contribution in [0.4, 0.5) is 15.8 Å². The number of rotatable bonds is 6. The molecule has 1 aliphatic rings. The number of sulfone groups is 1. The fraction of sp³-hybridized carbons (Fsp3) is 0.269. The summed E-state index contributed by atoms with van der Waals surface area (Å²) < 4.78 is 43.1. The van der Waals surface area contributed by atoms with Gasteiger partial charge in [0.05, 0.1) is 23.4 Å². The quantitative estimate of drug-likeness (QED) is 0.526. The van der Waals surface area contributed by atoms with Crippen LogP contribution in [0.3, 0.4) is 0 Å². The van der Waals surface area contributed by atoms with Crippen molar-refractivity contribution in [1.29, 1.82) is 0 Å². The number of nitrogens with zero attached hydrogens (tertiary/aromatic N) is 3. The first-order chi connectivity index (χ1) is 17.6. The molecule has 0 unspecified atom stereocenters. The number of aromatic nitrogens is 1. The van der Waals surface area contributed by atoms with Crippen LogP contribution in [0.15, 0.2) is 59.6 Å². The van der Waals surface area contributed by atoms with Crippen molar-refractivity contribution in [2.75, 3.05) is 49.8 Å². The Morgan fingerprint density at radius 3 is 2.41 bits per heavy atom. The lowest BCUT2D eigenvalue weighted by Gasteiger charge is -2.37. The lowest BCUT2D eigenvalue weighted by molar-refractivity contribution is 0.0746.